The summed E-state index contributed by atoms with van der Waals surface area (Å²) in [6.45, 7) is -0.0240. The number of thioether (sulfide) groups is 2. The maximum absolute atomic E-state index is 13.6. The molecule has 0 bridgehead atoms. The molecule has 2 aromatic heterocycles. The zero-order chi connectivity index (χ0) is 33.1. The number of rotatable bonds is 15. The maximum atomic E-state index is 13.6. The SMILES string of the molecule is Nc1nc(=O)n([C@@H]2CS[C@H](COC(=O)OCCOCCOCCOC(=O)OC[C@@H]3O[C@H](n4cc(F)c(N)nc4=O)CS3)O2)cc1F. The number of nitrogen functional groups attached to an aromatic ring is 2. The number of hydrogen-bond donors (Lipinski definition) is 2. The Morgan fingerprint density at radius 3 is 1.54 bits per heavy atom. The highest BCUT2D eigenvalue weighted by Gasteiger charge is 2.31. The summed E-state index contributed by atoms with van der Waals surface area (Å²) in [7, 11) is 0. The minimum Gasteiger partial charge on any atom is -0.432 e. The third-order valence-corrected chi connectivity index (χ3v) is 8.09. The van der Waals surface area contributed by atoms with Crippen LogP contribution in [-0.2, 0) is 37.9 Å². The molecular weight excluding hydrogens is 666 g/mol. The maximum Gasteiger partial charge on any atom is 0.508 e. The number of nitrogens with zero attached hydrogens (tertiary/aromatic N) is 4. The molecule has 4 rings (SSSR count). The number of ether oxygens (including phenoxy) is 8. The van der Waals surface area contributed by atoms with Crippen LogP contribution in [-0.4, -0.2) is 107 Å². The molecule has 22 heteroatoms. The lowest BCUT2D eigenvalue weighted by Crippen LogP contribution is -2.30. The van der Waals surface area contributed by atoms with Gasteiger partial charge in [0.15, 0.2) is 23.3 Å². The van der Waals surface area contributed by atoms with Crippen LogP contribution in [0, 0.1) is 11.6 Å². The van der Waals surface area contributed by atoms with Crippen molar-refractivity contribution in [2.24, 2.45) is 0 Å². The Morgan fingerprint density at radius 1 is 0.739 bits per heavy atom. The molecule has 2 saturated heterocycles. The fourth-order valence-corrected chi connectivity index (χ4v) is 5.71. The van der Waals surface area contributed by atoms with Gasteiger partial charge in [-0.1, -0.05) is 0 Å². The van der Waals surface area contributed by atoms with E-state index in [9.17, 15) is 28.0 Å². The highest BCUT2D eigenvalue weighted by atomic mass is 32.2. The topological polar surface area (TPSA) is 230 Å². The summed E-state index contributed by atoms with van der Waals surface area (Å²) in [6.07, 6.45) is -1.67. The van der Waals surface area contributed by atoms with Crippen molar-refractivity contribution in [2.45, 2.75) is 23.3 Å². The van der Waals surface area contributed by atoms with E-state index in [-0.39, 0.29) is 52.9 Å². The second kappa shape index (κ2) is 17.3. The first kappa shape index (κ1) is 35.2. The Bertz CT molecular complexity index is 1360. The Labute approximate surface area is 266 Å². The predicted molar refractivity (Wildman–Crippen MR) is 155 cm³/mol. The summed E-state index contributed by atoms with van der Waals surface area (Å²) in [5.41, 5.74) is 7.82. The highest BCUT2D eigenvalue weighted by Crippen LogP contribution is 2.32. The summed E-state index contributed by atoms with van der Waals surface area (Å²) < 4.78 is 70.7. The summed E-state index contributed by atoms with van der Waals surface area (Å²) in [5.74, 6) is -2.11. The van der Waals surface area contributed by atoms with Crippen LogP contribution in [0.4, 0.5) is 30.0 Å². The van der Waals surface area contributed by atoms with Crippen molar-refractivity contribution in [1.82, 2.24) is 19.1 Å². The monoisotopic (exact) mass is 696 g/mol. The van der Waals surface area contributed by atoms with E-state index >= 15 is 0 Å². The zero-order valence-electron chi connectivity index (χ0n) is 24.0. The minimum absolute atomic E-state index is 0.0666. The van der Waals surface area contributed by atoms with Gasteiger partial charge in [0.25, 0.3) is 0 Å². The second-order valence-electron chi connectivity index (χ2n) is 9.08. The minimum atomic E-state index is -0.947. The fraction of sp³-hybridized carbons (Fsp3) is 0.583. The third kappa shape index (κ3) is 10.4. The molecule has 0 saturated carbocycles. The van der Waals surface area contributed by atoms with E-state index in [0.717, 1.165) is 21.5 Å². The van der Waals surface area contributed by atoms with Crippen molar-refractivity contribution in [1.29, 1.82) is 0 Å². The number of halogens is 2. The van der Waals surface area contributed by atoms with E-state index in [1.165, 1.54) is 23.5 Å². The molecule has 0 unspecified atom stereocenters. The van der Waals surface area contributed by atoms with Crippen LogP contribution in [0.1, 0.15) is 12.5 Å². The van der Waals surface area contributed by atoms with Crippen LogP contribution >= 0.6 is 23.5 Å². The first-order valence-corrected chi connectivity index (χ1v) is 15.6. The van der Waals surface area contributed by atoms with Gasteiger partial charge in [-0.05, 0) is 0 Å². The standard InChI is InChI=1S/C24H30F2N6O12S2/c25-13-7-31(21(33)29-19(13)27)15-11-45-17(43-15)9-41-23(35)39-5-3-37-1-2-38-4-6-40-24(36)42-10-18-44-16(12-46-18)32-8-14(26)20(28)30-22(32)34/h7-8,15-18H,1-6,9-12H2,(H2,27,29,33)(H2,28,30,34)/t15-,16-,17+,18+/m0/s1. The van der Waals surface area contributed by atoms with Gasteiger partial charge in [-0.2, -0.15) is 9.97 Å². The molecule has 0 aromatic carbocycles. The molecule has 4 atom stereocenters. The van der Waals surface area contributed by atoms with Gasteiger partial charge in [0, 0.05) is 11.5 Å². The third-order valence-electron chi connectivity index (χ3n) is 5.90. The molecule has 0 amide bonds. The van der Waals surface area contributed by atoms with E-state index in [4.69, 9.17) is 49.4 Å². The van der Waals surface area contributed by atoms with Crippen LogP contribution in [0.25, 0.3) is 0 Å². The molecule has 0 radical (unpaired) electrons. The molecular formula is C24H30F2N6O12S2. The first-order valence-electron chi connectivity index (χ1n) is 13.5. The van der Waals surface area contributed by atoms with Gasteiger partial charge >= 0.3 is 23.7 Å². The van der Waals surface area contributed by atoms with Gasteiger partial charge in [0.1, 0.15) is 49.8 Å². The Morgan fingerprint density at radius 2 is 1.13 bits per heavy atom. The average molecular weight is 697 g/mol. The van der Waals surface area contributed by atoms with E-state index in [0.29, 0.717) is 11.5 Å². The smallest absolute Gasteiger partial charge is 0.432 e. The molecule has 4 heterocycles. The van der Waals surface area contributed by atoms with Gasteiger partial charge in [-0.15, -0.1) is 23.5 Å². The molecule has 18 nitrogen and oxygen atoms in total. The van der Waals surface area contributed by atoms with Crippen LogP contribution < -0.4 is 22.8 Å². The first-order chi connectivity index (χ1) is 22.1. The fourth-order valence-electron chi connectivity index (χ4n) is 3.73. The van der Waals surface area contributed by atoms with Crippen molar-refractivity contribution in [2.75, 3.05) is 75.8 Å². The van der Waals surface area contributed by atoms with Gasteiger partial charge in [-0.25, -0.2) is 28.0 Å². The van der Waals surface area contributed by atoms with Gasteiger partial charge in [0.05, 0.1) is 38.8 Å². The molecule has 2 aromatic rings. The van der Waals surface area contributed by atoms with E-state index in [2.05, 4.69) is 9.97 Å². The number of nitrogens with two attached hydrogens (primary N) is 2. The number of aromatic nitrogens is 4. The molecule has 0 aliphatic carbocycles. The predicted octanol–water partition coefficient (Wildman–Crippen LogP) is 0.459. The van der Waals surface area contributed by atoms with Gasteiger partial charge < -0.3 is 49.4 Å². The average Bonchev–Trinajstić information content (AvgIpc) is 3.70. The molecule has 2 aliphatic rings. The van der Waals surface area contributed by atoms with Crippen LogP contribution in [0.2, 0.25) is 0 Å². The molecule has 46 heavy (non-hydrogen) atoms. The molecule has 0 spiro atoms. The number of anilines is 2. The number of carbonyl (C=O) groups is 2. The Kier molecular flexibility index (Phi) is 13.2. The van der Waals surface area contributed by atoms with Crippen molar-refractivity contribution < 1.29 is 56.3 Å². The largest absolute Gasteiger partial charge is 0.508 e. The van der Waals surface area contributed by atoms with Crippen molar-refractivity contribution in [3.8, 4) is 0 Å². The van der Waals surface area contributed by atoms with Crippen LogP contribution in [0.3, 0.4) is 0 Å². The quantitative estimate of drug-likeness (QED) is 0.190. The van der Waals surface area contributed by atoms with E-state index < -0.39 is 70.3 Å². The van der Waals surface area contributed by atoms with Crippen molar-refractivity contribution >= 4 is 47.5 Å². The van der Waals surface area contributed by atoms with Crippen molar-refractivity contribution in [3.63, 3.8) is 0 Å². The molecule has 254 valence electrons. The van der Waals surface area contributed by atoms with E-state index in [1.807, 2.05) is 0 Å². The summed E-state index contributed by atoms with van der Waals surface area (Å²) >= 11 is 2.52. The van der Waals surface area contributed by atoms with E-state index in [1.54, 1.807) is 0 Å². The lowest BCUT2D eigenvalue weighted by molar-refractivity contribution is -0.0335. The zero-order valence-corrected chi connectivity index (χ0v) is 25.6. The lowest BCUT2D eigenvalue weighted by atomic mass is 10.5. The van der Waals surface area contributed by atoms with Crippen LogP contribution in [0.5, 0.6) is 0 Å². The van der Waals surface area contributed by atoms with Crippen LogP contribution in [0.15, 0.2) is 22.0 Å². The second-order valence-corrected chi connectivity index (χ2v) is 11.5. The highest BCUT2D eigenvalue weighted by molar-refractivity contribution is 8.00. The summed E-state index contributed by atoms with van der Waals surface area (Å²) in [4.78, 5) is 54.1. The number of hydrogen-bond acceptors (Lipinski definition) is 18. The number of carbonyl (C=O) groups excluding carboxylic acids is 2. The molecule has 2 aliphatic heterocycles. The van der Waals surface area contributed by atoms with Gasteiger partial charge in [-0.3, -0.25) is 9.13 Å². The molecule has 4 N–H and O–H groups in total. The van der Waals surface area contributed by atoms with Crippen molar-refractivity contribution in [3.05, 3.63) is 45.0 Å². The lowest BCUT2D eigenvalue weighted by Gasteiger charge is -2.15. The Hall–Kier alpha value is -3.70. The van der Waals surface area contributed by atoms with Gasteiger partial charge in [0.2, 0.25) is 0 Å². The summed E-state index contributed by atoms with van der Waals surface area (Å²) in [5, 5.41) is 0. The summed E-state index contributed by atoms with van der Waals surface area (Å²) in [6, 6.07) is 0. The normalized spacial score (nSPS) is 20.8. The molecule has 2 fully saturated rings. The Balaban J connectivity index is 0.952.